The van der Waals surface area contributed by atoms with Crippen LogP contribution < -0.4 is 14.2 Å². The molecule has 1 saturated heterocycles. The molecule has 0 aliphatic carbocycles. The molecule has 0 aromatic heterocycles. The number of benzene rings is 3. The zero-order valence-electron chi connectivity index (χ0n) is 20.9. The number of amides is 1. The highest BCUT2D eigenvalue weighted by molar-refractivity contribution is 6.46. The molecule has 0 spiro atoms. The third kappa shape index (κ3) is 4.77. The Morgan fingerprint density at radius 2 is 1.76 bits per heavy atom. The van der Waals surface area contributed by atoms with Gasteiger partial charge in [-0.2, -0.15) is 0 Å². The quantitative estimate of drug-likeness (QED) is 0.274. The molecule has 0 bridgehead atoms. The van der Waals surface area contributed by atoms with E-state index in [-0.39, 0.29) is 11.3 Å². The average Bonchev–Trinajstić information content (AvgIpc) is 3.17. The lowest BCUT2D eigenvalue weighted by atomic mass is 9.94. The molecule has 7 heteroatoms. The highest BCUT2D eigenvalue weighted by Crippen LogP contribution is 2.42. The second kappa shape index (κ2) is 10.4. The smallest absolute Gasteiger partial charge is 0.295 e. The number of carbonyl (C=O) groups is 2. The van der Waals surface area contributed by atoms with Gasteiger partial charge >= 0.3 is 0 Å². The number of aliphatic hydroxyl groups is 1. The van der Waals surface area contributed by atoms with E-state index in [0.717, 1.165) is 11.1 Å². The van der Waals surface area contributed by atoms with Gasteiger partial charge in [-0.1, -0.05) is 43.3 Å². The van der Waals surface area contributed by atoms with Crippen LogP contribution in [0.1, 0.15) is 41.6 Å². The molecular formula is C30H29NO6. The number of Topliss-reactive ketones (excluding diaryl/α,β-unsaturated/α-hetero) is 1. The average molecular weight is 500 g/mol. The number of hydrogen-bond acceptors (Lipinski definition) is 6. The van der Waals surface area contributed by atoms with E-state index in [1.54, 1.807) is 30.3 Å². The third-order valence-electron chi connectivity index (χ3n) is 6.57. The first-order valence-electron chi connectivity index (χ1n) is 12.4. The molecule has 0 radical (unpaired) electrons. The van der Waals surface area contributed by atoms with Gasteiger partial charge in [-0.15, -0.1) is 0 Å². The Balaban J connectivity index is 1.51. The van der Waals surface area contributed by atoms with Crippen molar-refractivity contribution in [2.24, 2.45) is 0 Å². The summed E-state index contributed by atoms with van der Waals surface area (Å²) in [6.07, 6.45) is 0.667. The molecule has 7 nitrogen and oxygen atoms in total. The molecule has 2 aliphatic rings. The van der Waals surface area contributed by atoms with E-state index in [0.29, 0.717) is 61.2 Å². The number of aliphatic hydroxyl groups excluding tert-OH is 1. The molecule has 1 fully saturated rings. The van der Waals surface area contributed by atoms with Crippen LogP contribution in [0.15, 0.2) is 72.3 Å². The molecule has 3 aromatic rings. The Labute approximate surface area is 215 Å². The van der Waals surface area contributed by atoms with Crippen molar-refractivity contribution in [1.82, 2.24) is 4.90 Å². The minimum absolute atomic E-state index is 0.0625. The summed E-state index contributed by atoms with van der Waals surface area (Å²) < 4.78 is 17.3. The van der Waals surface area contributed by atoms with Crippen LogP contribution in [0.3, 0.4) is 0 Å². The lowest BCUT2D eigenvalue weighted by Crippen LogP contribution is -2.30. The van der Waals surface area contributed by atoms with Gasteiger partial charge < -0.3 is 24.2 Å². The standard InChI is InChI=1S/C30H29NO6/c1-3-13-31-27(21-9-12-24-25(17-21)36-15-14-35-24)26(29(33)30(31)34)28(32)22-10-11-23(19(2)16-22)37-18-20-7-5-4-6-8-20/h4-12,16-17,27,32H,3,13-15,18H2,1-2H3/b28-26-. The fourth-order valence-corrected chi connectivity index (χ4v) is 4.78. The topological polar surface area (TPSA) is 85.3 Å². The second-order valence-corrected chi connectivity index (χ2v) is 9.15. The number of fused-ring (bicyclic) bond motifs is 1. The van der Waals surface area contributed by atoms with E-state index in [1.165, 1.54) is 4.90 Å². The molecule has 1 atom stereocenters. The maximum atomic E-state index is 13.2. The molecule has 0 saturated carbocycles. The van der Waals surface area contributed by atoms with Crippen LogP contribution in [0.2, 0.25) is 0 Å². The number of likely N-dealkylation sites (tertiary alicyclic amines) is 1. The summed E-state index contributed by atoms with van der Waals surface area (Å²) in [5.74, 6) is 0.311. The maximum absolute atomic E-state index is 13.2. The second-order valence-electron chi connectivity index (χ2n) is 9.15. The minimum atomic E-state index is -0.731. The van der Waals surface area contributed by atoms with E-state index in [4.69, 9.17) is 14.2 Å². The fraction of sp³-hybridized carbons (Fsp3) is 0.267. The van der Waals surface area contributed by atoms with Crippen molar-refractivity contribution in [2.75, 3.05) is 19.8 Å². The number of hydrogen-bond donors (Lipinski definition) is 1. The van der Waals surface area contributed by atoms with Crippen LogP contribution in [0.25, 0.3) is 5.76 Å². The van der Waals surface area contributed by atoms with Crippen LogP contribution in [0.5, 0.6) is 17.2 Å². The Kier molecular flexibility index (Phi) is 6.86. The molecular weight excluding hydrogens is 470 g/mol. The minimum Gasteiger partial charge on any atom is -0.507 e. The highest BCUT2D eigenvalue weighted by atomic mass is 16.6. The van der Waals surface area contributed by atoms with Gasteiger partial charge in [0.2, 0.25) is 0 Å². The molecule has 190 valence electrons. The van der Waals surface area contributed by atoms with Crippen LogP contribution >= 0.6 is 0 Å². The summed E-state index contributed by atoms with van der Waals surface area (Å²) in [5, 5.41) is 11.4. The monoisotopic (exact) mass is 499 g/mol. The van der Waals surface area contributed by atoms with Gasteiger partial charge in [-0.3, -0.25) is 9.59 Å². The first-order valence-corrected chi connectivity index (χ1v) is 12.4. The molecule has 3 aromatic carbocycles. The Morgan fingerprint density at radius 3 is 2.49 bits per heavy atom. The summed E-state index contributed by atoms with van der Waals surface area (Å²) in [4.78, 5) is 27.7. The van der Waals surface area contributed by atoms with Gasteiger partial charge in [0.25, 0.3) is 11.7 Å². The van der Waals surface area contributed by atoms with Crippen LogP contribution in [0.4, 0.5) is 0 Å². The number of rotatable bonds is 7. The van der Waals surface area contributed by atoms with Crippen molar-refractivity contribution in [3.63, 3.8) is 0 Å². The van der Waals surface area contributed by atoms with Gasteiger partial charge in [0.05, 0.1) is 11.6 Å². The molecule has 1 unspecified atom stereocenters. The van der Waals surface area contributed by atoms with Gasteiger partial charge in [0, 0.05) is 12.1 Å². The van der Waals surface area contributed by atoms with E-state index < -0.39 is 17.7 Å². The van der Waals surface area contributed by atoms with Crippen molar-refractivity contribution in [3.8, 4) is 17.2 Å². The van der Waals surface area contributed by atoms with E-state index in [1.807, 2.05) is 50.2 Å². The zero-order chi connectivity index (χ0) is 25.9. The molecule has 2 heterocycles. The lowest BCUT2D eigenvalue weighted by molar-refractivity contribution is -0.139. The number of ketones is 1. The van der Waals surface area contributed by atoms with Crippen molar-refractivity contribution >= 4 is 17.4 Å². The highest BCUT2D eigenvalue weighted by Gasteiger charge is 2.46. The summed E-state index contributed by atoms with van der Waals surface area (Å²) in [7, 11) is 0. The molecule has 5 rings (SSSR count). The number of ether oxygens (including phenoxy) is 3. The Bertz CT molecular complexity index is 1360. The van der Waals surface area contributed by atoms with E-state index in [2.05, 4.69) is 0 Å². The first kappa shape index (κ1) is 24.4. The van der Waals surface area contributed by atoms with Crippen molar-refractivity contribution in [2.45, 2.75) is 32.9 Å². The van der Waals surface area contributed by atoms with Crippen molar-refractivity contribution in [3.05, 3.63) is 94.6 Å². The number of carbonyl (C=O) groups excluding carboxylic acids is 2. The first-order chi connectivity index (χ1) is 18.0. The third-order valence-corrected chi connectivity index (χ3v) is 6.57. The number of aryl methyl sites for hydroxylation is 1. The largest absolute Gasteiger partial charge is 0.507 e. The predicted molar refractivity (Wildman–Crippen MR) is 139 cm³/mol. The number of nitrogens with zero attached hydrogens (tertiary/aromatic N) is 1. The lowest BCUT2D eigenvalue weighted by Gasteiger charge is -2.26. The maximum Gasteiger partial charge on any atom is 0.295 e. The van der Waals surface area contributed by atoms with Gasteiger partial charge in [-0.05, 0) is 60.4 Å². The Hall–Kier alpha value is -4.26. The predicted octanol–water partition coefficient (Wildman–Crippen LogP) is 5.18. The van der Waals surface area contributed by atoms with Crippen LogP contribution in [0, 0.1) is 6.92 Å². The van der Waals surface area contributed by atoms with Crippen LogP contribution in [-0.4, -0.2) is 41.5 Å². The van der Waals surface area contributed by atoms with E-state index >= 15 is 0 Å². The molecule has 37 heavy (non-hydrogen) atoms. The molecule has 2 aliphatic heterocycles. The normalized spacial score (nSPS) is 18.2. The molecule has 1 N–H and O–H groups in total. The summed E-state index contributed by atoms with van der Waals surface area (Å²) in [6.45, 7) is 5.50. The summed E-state index contributed by atoms with van der Waals surface area (Å²) in [5.41, 5.74) is 3.04. The Morgan fingerprint density at radius 1 is 1.00 bits per heavy atom. The molecule has 1 amide bonds. The zero-order valence-corrected chi connectivity index (χ0v) is 20.9. The van der Waals surface area contributed by atoms with Crippen LogP contribution in [-0.2, 0) is 16.2 Å². The summed E-state index contributed by atoms with van der Waals surface area (Å²) in [6, 6.07) is 19.7. The van der Waals surface area contributed by atoms with Gasteiger partial charge in [0.1, 0.15) is 31.3 Å². The fourth-order valence-electron chi connectivity index (χ4n) is 4.78. The van der Waals surface area contributed by atoms with Gasteiger partial charge in [-0.25, -0.2) is 0 Å². The van der Waals surface area contributed by atoms with Crippen molar-refractivity contribution < 1.29 is 28.9 Å². The van der Waals surface area contributed by atoms with Gasteiger partial charge in [0.15, 0.2) is 11.5 Å². The van der Waals surface area contributed by atoms with Crippen molar-refractivity contribution in [1.29, 1.82) is 0 Å². The SMILES string of the molecule is CCCN1C(=O)C(=O)/C(=C(\O)c2ccc(OCc3ccccc3)c(C)c2)C1c1ccc2c(c1)OCCO2. The van der Waals surface area contributed by atoms with E-state index in [9.17, 15) is 14.7 Å². The summed E-state index contributed by atoms with van der Waals surface area (Å²) >= 11 is 0.